The van der Waals surface area contributed by atoms with Crippen LogP contribution in [0.25, 0.3) is 0 Å². The molecule has 1 N–H and O–H groups in total. The van der Waals surface area contributed by atoms with Crippen molar-refractivity contribution >= 4 is 11.9 Å². The second kappa shape index (κ2) is 8.23. The molecule has 1 aliphatic heterocycles. The van der Waals surface area contributed by atoms with Crippen LogP contribution in [0.3, 0.4) is 0 Å². The van der Waals surface area contributed by atoms with E-state index in [1.165, 1.54) is 4.90 Å². The molecule has 25 heavy (non-hydrogen) atoms. The molecule has 1 saturated heterocycles. The first-order valence-corrected chi connectivity index (χ1v) is 8.87. The fourth-order valence-corrected chi connectivity index (χ4v) is 2.54. The number of carbonyl (C=O) groups is 2. The molecule has 6 nitrogen and oxygen atoms in total. The van der Waals surface area contributed by atoms with Crippen molar-refractivity contribution in [1.82, 2.24) is 10.2 Å². The second-order valence-corrected chi connectivity index (χ2v) is 6.88. The normalized spacial score (nSPS) is 17.4. The van der Waals surface area contributed by atoms with Crippen molar-refractivity contribution in [2.45, 2.75) is 58.6 Å². The Balaban J connectivity index is 1.72. The molecule has 0 saturated carbocycles. The van der Waals surface area contributed by atoms with E-state index in [0.717, 1.165) is 24.3 Å². The summed E-state index contributed by atoms with van der Waals surface area (Å²) in [6.45, 7) is 8.48. The van der Waals surface area contributed by atoms with Gasteiger partial charge in [-0.1, -0.05) is 13.0 Å². The summed E-state index contributed by atoms with van der Waals surface area (Å²) >= 11 is 0. The lowest BCUT2D eigenvalue weighted by molar-refractivity contribution is -0.130. The molecule has 2 rings (SSSR count). The van der Waals surface area contributed by atoms with Gasteiger partial charge < -0.3 is 14.8 Å². The molecule has 6 heteroatoms. The van der Waals surface area contributed by atoms with Crippen LogP contribution in [0.4, 0.5) is 4.79 Å². The molecular formula is C19H28N2O4. The summed E-state index contributed by atoms with van der Waals surface area (Å²) in [5.74, 6) is 1.39. The number of carbonyl (C=O) groups excluding carboxylic acids is 2. The molecule has 0 aromatic heterocycles. The molecule has 0 unspecified atom stereocenters. The first-order chi connectivity index (χ1) is 11.8. The summed E-state index contributed by atoms with van der Waals surface area (Å²) in [6, 6.07) is 7.28. The number of amides is 3. The average molecular weight is 348 g/mol. The van der Waals surface area contributed by atoms with Crippen molar-refractivity contribution in [3.63, 3.8) is 0 Å². The molecule has 1 aliphatic rings. The van der Waals surface area contributed by atoms with Gasteiger partial charge in [0.25, 0.3) is 5.91 Å². The van der Waals surface area contributed by atoms with Gasteiger partial charge in [0.15, 0.2) is 0 Å². The van der Waals surface area contributed by atoms with Crippen LogP contribution in [-0.4, -0.2) is 41.6 Å². The lowest BCUT2D eigenvalue weighted by Crippen LogP contribution is -2.40. The summed E-state index contributed by atoms with van der Waals surface area (Å²) in [5, 5.41) is 2.68. The Labute approximate surface area is 149 Å². The predicted octanol–water partition coefficient (Wildman–Crippen LogP) is 3.35. The summed E-state index contributed by atoms with van der Waals surface area (Å²) in [5.41, 5.74) is -0.802. The number of urea groups is 1. The van der Waals surface area contributed by atoms with Gasteiger partial charge in [0, 0.05) is 12.6 Å². The molecule has 0 aliphatic carbocycles. The standard InChI is InChI=1S/C19H28N2O4/c1-5-14(2)25-16-10-8-9-15(13-16)24-12-7-6-11-21-17(22)19(3,4)20-18(21)23/h8-10,13-14H,5-7,11-12H2,1-4H3,(H,20,23)/t14-/m0/s1. The van der Waals surface area contributed by atoms with E-state index in [4.69, 9.17) is 9.47 Å². The highest BCUT2D eigenvalue weighted by atomic mass is 16.5. The summed E-state index contributed by atoms with van der Waals surface area (Å²) in [7, 11) is 0. The highest BCUT2D eigenvalue weighted by molar-refractivity contribution is 6.06. The first kappa shape index (κ1) is 19.1. The third kappa shape index (κ3) is 5.11. The third-order valence-electron chi connectivity index (χ3n) is 4.21. The Bertz CT molecular complexity index is 615. The van der Waals surface area contributed by atoms with Crippen LogP contribution in [-0.2, 0) is 4.79 Å². The Morgan fingerprint density at radius 1 is 1.20 bits per heavy atom. The van der Waals surface area contributed by atoms with Gasteiger partial charge in [0.2, 0.25) is 0 Å². The molecule has 1 aromatic carbocycles. The van der Waals surface area contributed by atoms with Crippen molar-refractivity contribution in [1.29, 1.82) is 0 Å². The lowest BCUT2D eigenvalue weighted by atomic mass is 10.1. The molecule has 1 atom stereocenters. The van der Waals surface area contributed by atoms with E-state index >= 15 is 0 Å². The topological polar surface area (TPSA) is 67.9 Å². The zero-order chi connectivity index (χ0) is 18.4. The van der Waals surface area contributed by atoms with E-state index in [0.29, 0.717) is 19.6 Å². The Hall–Kier alpha value is -2.24. The van der Waals surface area contributed by atoms with Crippen LogP contribution >= 0.6 is 0 Å². The molecular weight excluding hydrogens is 320 g/mol. The summed E-state index contributed by atoms with van der Waals surface area (Å²) < 4.78 is 11.5. The third-order valence-corrected chi connectivity index (χ3v) is 4.21. The van der Waals surface area contributed by atoms with Crippen LogP contribution < -0.4 is 14.8 Å². The monoisotopic (exact) mass is 348 g/mol. The maximum Gasteiger partial charge on any atom is 0.325 e. The minimum Gasteiger partial charge on any atom is -0.493 e. The minimum absolute atomic E-state index is 0.170. The fourth-order valence-electron chi connectivity index (χ4n) is 2.54. The minimum atomic E-state index is -0.802. The second-order valence-electron chi connectivity index (χ2n) is 6.88. The largest absolute Gasteiger partial charge is 0.493 e. The first-order valence-electron chi connectivity index (χ1n) is 8.87. The van der Waals surface area contributed by atoms with Gasteiger partial charge in [-0.15, -0.1) is 0 Å². The lowest BCUT2D eigenvalue weighted by Gasteiger charge is -2.16. The van der Waals surface area contributed by atoms with E-state index in [-0.39, 0.29) is 18.0 Å². The predicted molar refractivity (Wildman–Crippen MR) is 95.9 cm³/mol. The molecule has 0 bridgehead atoms. The van der Waals surface area contributed by atoms with Crippen LogP contribution in [0.1, 0.15) is 47.0 Å². The van der Waals surface area contributed by atoms with Crippen LogP contribution in [0.2, 0.25) is 0 Å². The molecule has 138 valence electrons. The number of nitrogens with one attached hydrogen (secondary N) is 1. The van der Waals surface area contributed by atoms with Gasteiger partial charge >= 0.3 is 6.03 Å². The van der Waals surface area contributed by atoms with Gasteiger partial charge in [-0.3, -0.25) is 9.69 Å². The fraction of sp³-hybridized carbons (Fsp3) is 0.579. The van der Waals surface area contributed by atoms with E-state index < -0.39 is 5.54 Å². The molecule has 0 radical (unpaired) electrons. The number of rotatable bonds is 9. The maximum absolute atomic E-state index is 12.1. The zero-order valence-electron chi connectivity index (χ0n) is 15.5. The van der Waals surface area contributed by atoms with E-state index in [2.05, 4.69) is 12.2 Å². The van der Waals surface area contributed by atoms with Gasteiger partial charge in [0.1, 0.15) is 17.0 Å². The molecule has 1 heterocycles. The number of nitrogens with zero attached hydrogens (tertiary/aromatic N) is 1. The zero-order valence-corrected chi connectivity index (χ0v) is 15.5. The molecule has 1 aromatic rings. The molecule has 3 amide bonds. The van der Waals surface area contributed by atoms with Crippen LogP contribution in [0.5, 0.6) is 11.5 Å². The number of benzene rings is 1. The van der Waals surface area contributed by atoms with Crippen LogP contribution in [0, 0.1) is 0 Å². The van der Waals surface area contributed by atoms with Crippen molar-refractivity contribution in [3.05, 3.63) is 24.3 Å². The number of ether oxygens (including phenoxy) is 2. The number of unbranched alkanes of at least 4 members (excludes halogenated alkanes) is 1. The molecule has 1 fully saturated rings. The number of hydrogen-bond donors (Lipinski definition) is 1. The van der Waals surface area contributed by atoms with E-state index in [1.54, 1.807) is 13.8 Å². The number of hydrogen-bond acceptors (Lipinski definition) is 4. The quantitative estimate of drug-likeness (QED) is 0.549. The summed E-state index contributed by atoms with van der Waals surface area (Å²) in [6.07, 6.45) is 2.58. The van der Waals surface area contributed by atoms with Crippen molar-refractivity contribution in [3.8, 4) is 11.5 Å². The Morgan fingerprint density at radius 2 is 1.92 bits per heavy atom. The van der Waals surface area contributed by atoms with Gasteiger partial charge in [-0.2, -0.15) is 0 Å². The smallest absolute Gasteiger partial charge is 0.325 e. The highest BCUT2D eigenvalue weighted by Crippen LogP contribution is 2.21. The number of imide groups is 1. The summed E-state index contributed by atoms with van der Waals surface area (Å²) in [4.78, 5) is 25.1. The van der Waals surface area contributed by atoms with Gasteiger partial charge in [-0.25, -0.2) is 4.79 Å². The van der Waals surface area contributed by atoms with Gasteiger partial charge in [-0.05, 0) is 52.2 Å². The van der Waals surface area contributed by atoms with Crippen molar-refractivity contribution in [2.75, 3.05) is 13.2 Å². The highest BCUT2D eigenvalue weighted by Gasteiger charge is 2.43. The van der Waals surface area contributed by atoms with Gasteiger partial charge in [0.05, 0.1) is 12.7 Å². The average Bonchev–Trinajstić information content (AvgIpc) is 2.76. The maximum atomic E-state index is 12.1. The Kier molecular flexibility index (Phi) is 6.28. The van der Waals surface area contributed by atoms with E-state index in [1.807, 2.05) is 31.2 Å². The van der Waals surface area contributed by atoms with Crippen LogP contribution in [0.15, 0.2) is 24.3 Å². The molecule has 0 spiro atoms. The van der Waals surface area contributed by atoms with Crippen molar-refractivity contribution < 1.29 is 19.1 Å². The Morgan fingerprint density at radius 3 is 2.56 bits per heavy atom. The SMILES string of the molecule is CC[C@H](C)Oc1cccc(OCCCCN2C(=O)NC(C)(C)C2=O)c1. The van der Waals surface area contributed by atoms with Crippen molar-refractivity contribution in [2.24, 2.45) is 0 Å². The van der Waals surface area contributed by atoms with E-state index in [9.17, 15) is 9.59 Å².